The van der Waals surface area contributed by atoms with Crippen molar-refractivity contribution >= 4 is 5.91 Å². The van der Waals surface area contributed by atoms with E-state index in [1.807, 2.05) is 44.2 Å². The number of rotatable bonds is 4. The number of benzene rings is 1. The molecule has 1 heterocycles. The third-order valence-corrected chi connectivity index (χ3v) is 2.85. The molecule has 1 amide bonds. The number of carbonyl (C=O) groups excluding carboxylic acids is 1. The Bertz CT molecular complexity index is 520. The van der Waals surface area contributed by atoms with Gasteiger partial charge in [-0.25, -0.2) is 0 Å². The van der Waals surface area contributed by atoms with Crippen LogP contribution in [0.15, 0.2) is 41.1 Å². The van der Waals surface area contributed by atoms with Crippen molar-refractivity contribution in [2.75, 3.05) is 0 Å². The third-order valence-electron chi connectivity index (χ3n) is 2.85. The van der Waals surface area contributed by atoms with Gasteiger partial charge in [0.1, 0.15) is 17.5 Å². The molecule has 0 bridgehead atoms. The highest BCUT2D eigenvalue weighted by molar-refractivity contribution is 5.99. The number of nitrogens with one attached hydrogen (secondary N) is 1. The van der Waals surface area contributed by atoms with Crippen LogP contribution in [0.1, 0.15) is 30.6 Å². The maximum Gasteiger partial charge on any atom is 0.257 e. The van der Waals surface area contributed by atoms with Crippen LogP contribution in [-0.4, -0.2) is 17.1 Å². The molecule has 0 aliphatic rings. The second-order valence-corrected chi connectivity index (χ2v) is 4.23. The highest BCUT2D eigenvalue weighted by Gasteiger charge is 2.18. The Balaban J connectivity index is 2.26. The third kappa shape index (κ3) is 2.59. The standard InChI is InChI=1S/C14H16N2O2/c1-3-10(2)15-14(17)12-9-18-16-13(12)11-7-5-4-6-8-11/h4-10H,3H2,1-2H3,(H,15,17)/t10-/m1/s1. The number of hydrogen-bond donors (Lipinski definition) is 1. The number of nitrogens with zero attached hydrogens (tertiary/aromatic N) is 1. The summed E-state index contributed by atoms with van der Waals surface area (Å²) in [6.45, 7) is 3.99. The molecule has 0 unspecified atom stereocenters. The Kier molecular flexibility index (Phi) is 3.77. The van der Waals surface area contributed by atoms with Crippen molar-refractivity contribution in [2.45, 2.75) is 26.3 Å². The minimum atomic E-state index is -0.149. The van der Waals surface area contributed by atoms with E-state index in [-0.39, 0.29) is 11.9 Å². The molecule has 2 rings (SSSR count). The van der Waals surface area contributed by atoms with E-state index in [2.05, 4.69) is 10.5 Å². The zero-order valence-corrected chi connectivity index (χ0v) is 10.5. The smallest absolute Gasteiger partial charge is 0.257 e. The number of hydrogen-bond acceptors (Lipinski definition) is 3. The van der Waals surface area contributed by atoms with E-state index < -0.39 is 0 Å². The summed E-state index contributed by atoms with van der Waals surface area (Å²) < 4.78 is 4.93. The highest BCUT2D eigenvalue weighted by atomic mass is 16.5. The first-order valence-corrected chi connectivity index (χ1v) is 6.03. The normalized spacial score (nSPS) is 12.1. The van der Waals surface area contributed by atoms with Crippen LogP contribution in [0.4, 0.5) is 0 Å². The van der Waals surface area contributed by atoms with Gasteiger partial charge in [0.25, 0.3) is 5.91 Å². The van der Waals surface area contributed by atoms with Crippen LogP contribution in [0.2, 0.25) is 0 Å². The Morgan fingerprint density at radius 1 is 1.39 bits per heavy atom. The SMILES string of the molecule is CC[C@@H](C)NC(=O)c1conc1-c1ccccc1. The van der Waals surface area contributed by atoms with Crippen LogP contribution in [0, 0.1) is 0 Å². The van der Waals surface area contributed by atoms with E-state index in [0.29, 0.717) is 11.3 Å². The van der Waals surface area contributed by atoms with Gasteiger partial charge in [0, 0.05) is 11.6 Å². The lowest BCUT2D eigenvalue weighted by atomic mass is 10.1. The minimum Gasteiger partial charge on any atom is -0.363 e. The van der Waals surface area contributed by atoms with Gasteiger partial charge in [0.05, 0.1) is 0 Å². The molecule has 94 valence electrons. The fourth-order valence-electron chi connectivity index (χ4n) is 1.61. The number of carbonyl (C=O) groups is 1. The van der Waals surface area contributed by atoms with Crippen LogP contribution in [0.3, 0.4) is 0 Å². The average molecular weight is 244 g/mol. The molecule has 0 aliphatic carbocycles. The molecule has 1 aromatic carbocycles. The zero-order valence-electron chi connectivity index (χ0n) is 10.5. The van der Waals surface area contributed by atoms with Crippen LogP contribution in [-0.2, 0) is 0 Å². The summed E-state index contributed by atoms with van der Waals surface area (Å²) in [5.41, 5.74) is 1.93. The molecule has 0 saturated carbocycles. The predicted octanol–water partition coefficient (Wildman–Crippen LogP) is 2.87. The maximum atomic E-state index is 12.1. The van der Waals surface area contributed by atoms with E-state index in [0.717, 1.165) is 12.0 Å². The Morgan fingerprint density at radius 2 is 2.11 bits per heavy atom. The predicted molar refractivity (Wildman–Crippen MR) is 69.2 cm³/mol. The van der Waals surface area contributed by atoms with E-state index in [1.165, 1.54) is 6.26 Å². The zero-order chi connectivity index (χ0) is 13.0. The van der Waals surface area contributed by atoms with Crippen LogP contribution >= 0.6 is 0 Å². The van der Waals surface area contributed by atoms with Crippen molar-refractivity contribution < 1.29 is 9.32 Å². The number of aromatic nitrogens is 1. The van der Waals surface area contributed by atoms with Crippen molar-refractivity contribution in [1.29, 1.82) is 0 Å². The molecule has 1 atom stereocenters. The summed E-state index contributed by atoms with van der Waals surface area (Å²) >= 11 is 0. The first-order chi connectivity index (χ1) is 8.72. The molecular weight excluding hydrogens is 228 g/mol. The molecule has 0 aliphatic heterocycles. The van der Waals surface area contributed by atoms with Gasteiger partial charge in [-0.15, -0.1) is 0 Å². The van der Waals surface area contributed by atoms with Crippen molar-refractivity contribution in [2.24, 2.45) is 0 Å². The lowest BCUT2D eigenvalue weighted by Gasteiger charge is -2.10. The van der Waals surface area contributed by atoms with Gasteiger partial charge in [-0.2, -0.15) is 0 Å². The van der Waals surface area contributed by atoms with Gasteiger partial charge in [-0.05, 0) is 13.3 Å². The first kappa shape index (κ1) is 12.4. The van der Waals surface area contributed by atoms with Crippen molar-refractivity contribution in [3.05, 3.63) is 42.2 Å². The van der Waals surface area contributed by atoms with E-state index >= 15 is 0 Å². The van der Waals surface area contributed by atoms with E-state index in [9.17, 15) is 4.79 Å². The first-order valence-electron chi connectivity index (χ1n) is 6.03. The van der Waals surface area contributed by atoms with E-state index in [1.54, 1.807) is 0 Å². The van der Waals surface area contributed by atoms with Crippen molar-refractivity contribution in [3.63, 3.8) is 0 Å². The number of amides is 1. The second-order valence-electron chi connectivity index (χ2n) is 4.23. The lowest BCUT2D eigenvalue weighted by molar-refractivity contribution is 0.0939. The molecule has 0 radical (unpaired) electrons. The van der Waals surface area contributed by atoms with Crippen molar-refractivity contribution in [1.82, 2.24) is 10.5 Å². The molecule has 4 heteroatoms. The average Bonchev–Trinajstić information content (AvgIpc) is 2.88. The van der Waals surface area contributed by atoms with Gasteiger partial charge >= 0.3 is 0 Å². The summed E-state index contributed by atoms with van der Waals surface area (Å²) in [7, 11) is 0. The van der Waals surface area contributed by atoms with Gasteiger partial charge < -0.3 is 9.84 Å². The van der Waals surface area contributed by atoms with Gasteiger partial charge in [-0.1, -0.05) is 42.4 Å². The highest BCUT2D eigenvalue weighted by Crippen LogP contribution is 2.21. The maximum absolute atomic E-state index is 12.1. The van der Waals surface area contributed by atoms with Crippen LogP contribution in [0.25, 0.3) is 11.3 Å². The molecular formula is C14H16N2O2. The van der Waals surface area contributed by atoms with Gasteiger partial charge in [0.15, 0.2) is 0 Å². The summed E-state index contributed by atoms with van der Waals surface area (Å²) in [5.74, 6) is -0.149. The molecule has 4 nitrogen and oxygen atoms in total. The summed E-state index contributed by atoms with van der Waals surface area (Å²) in [6, 6.07) is 9.66. The minimum absolute atomic E-state index is 0.135. The molecule has 1 aromatic heterocycles. The monoisotopic (exact) mass is 244 g/mol. The van der Waals surface area contributed by atoms with Crippen LogP contribution in [0.5, 0.6) is 0 Å². The largest absolute Gasteiger partial charge is 0.363 e. The Hall–Kier alpha value is -2.10. The summed E-state index contributed by atoms with van der Waals surface area (Å²) in [4.78, 5) is 12.1. The Morgan fingerprint density at radius 3 is 2.78 bits per heavy atom. The molecule has 2 aromatic rings. The Labute approximate surface area is 106 Å². The summed E-state index contributed by atoms with van der Waals surface area (Å²) in [6.07, 6.45) is 2.28. The van der Waals surface area contributed by atoms with Gasteiger partial charge in [-0.3, -0.25) is 4.79 Å². The topological polar surface area (TPSA) is 55.1 Å². The quantitative estimate of drug-likeness (QED) is 0.899. The molecule has 0 spiro atoms. The van der Waals surface area contributed by atoms with Crippen LogP contribution < -0.4 is 5.32 Å². The van der Waals surface area contributed by atoms with E-state index in [4.69, 9.17) is 4.52 Å². The summed E-state index contributed by atoms with van der Waals surface area (Å²) in [5, 5.41) is 6.81. The molecule has 18 heavy (non-hydrogen) atoms. The molecule has 1 N–H and O–H groups in total. The van der Waals surface area contributed by atoms with Gasteiger partial charge in [0.2, 0.25) is 0 Å². The lowest BCUT2D eigenvalue weighted by Crippen LogP contribution is -2.31. The molecule has 0 fully saturated rings. The second kappa shape index (κ2) is 5.49. The van der Waals surface area contributed by atoms with Crippen molar-refractivity contribution in [3.8, 4) is 11.3 Å². The molecule has 0 saturated heterocycles. The fraction of sp³-hybridized carbons (Fsp3) is 0.286. The fourth-order valence-corrected chi connectivity index (χ4v) is 1.61.